The zero-order valence-electron chi connectivity index (χ0n) is 10.8. The molecule has 0 spiro atoms. The molecular formula is C14H15N3O2. The Hall–Kier alpha value is -2.56. The van der Waals surface area contributed by atoms with Gasteiger partial charge in [-0.1, -0.05) is 0 Å². The van der Waals surface area contributed by atoms with Crippen LogP contribution in [-0.2, 0) is 0 Å². The fourth-order valence-electron chi connectivity index (χ4n) is 1.64. The molecule has 3 N–H and O–H groups in total. The molecule has 5 nitrogen and oxygen atoms in total. The SMILES string of the molecule is COc1ccc(NC(=O)c2ccc(C)nc2N)cc1. The number of methoxy groups -OCH3 is 1. The minimum absolute atomic E-state index is 0.228. The van der Waals surface area contributed by atoms with Gasteiger partial charge in [0.25, 0.3) is 5.91 Å². The lowest BCUT2D eigenvalue weighted by atomic mass is 10.2. The van der Waals surface area contributed by atoms with E-state index in [2.05, 4.69) is 10.3 Å². The van der Waals surface area contributed by atoms with Crippen LogP contribution in [0.3, 0.4) is 0 Å². The number of ether oxygens (including phenoxy) is 1. The van der Waals surface area contributed by atoms with Crippen molar-refractivity contribution in [3.05, 3.63) is 47.7 Å². The maximum atomic E-state index is 12.0. The lowest BCUT2D eigenvalue weighted by Gasteiger charge is -2.08. The Balaban J connectivity index is 2.15. The van der Waals surface area contributed by atoms with Crippen LogP contribution in [0, 0.1) is 6.92 Å². The predicted octanol–water partition coefficient (Wildman–Crippen LogP) is 2.23. The minimum Gasteiger partial charge on any atom is -0.497 e. The van der Waals surface area contributed by atoms with E-state index in [1.54, 1.807) is 43.5 Å². The number of nitrogens with one attached hydrogen (secondary N) is 1. The average Bonchev–Trinajstić information content (AvgIpc) is 2.39. The molecule has 1 aromatic heterocycles. The highest BCUT2D eigenvalue weighted by atomic mass is 16.5. The topological polar surface area (TPSA) is 77.2 Å². The van der Waals surface area contributed by atoms with Gasteiger partial charge >= 0.3 is 0 Å². The number of aryl methyl sites for hydroxylation is 1. The summed E-state index contributed by atoms with van der Waals surface area (Å²) in [6.07, 6.45) is 0. The fraction of sp³-hybridized carbons (Fsp3) is 0.143. The van der Waals surface area contributed by atoms with E-state index in [0.29, 0.717) is 11.3 Å². The van der Waals surface area contributed by atoms with Crippen LogP contribution in [0.2, 0.25) is 0 Å². The number of aromatic nitrogens is 1. The Morgan fingerprint density at radius 3 is 2.47 bits per heavy atom. The van der Waals surface area contributed by atoms with Crippen molar-refractivity contribution in [2.75, 3.05) is 18.2 Å². The first-order valence-corrected chi connectivity index (χ1v) is 5.78. The normalized spacial score (nSPS) is 10.0. The van der Waals surface area contributed by atoms with Crippen molar-refractivity contribution >= 4 is 17.4 Å². The van der Waals surface area contributed by atoms with Crippen molar-refractivity contribution in [2.24, 2.45) is 0 Å². The van der Waals surface area contributed by atoms with Crippen molar-refractivity contribution < 1.29 is 9.53 Å². The van der Waals surface area contributed by atoms with Gasteiger partial charge in [0.2, 0.25) is 0 Å². The highest BCUT2D eigenvalue weighted by molar-refractivity contribution is 6.07. The summed E-state index contributed by atoms with van der Waals surface area (Å²) in [5, 5.41) is 2.76. The number of carbonyl (C=O) groups excluding carboxylic acids is 1. The van der Waals surface area contributed by atoms with Crippen LogP contribution < -0.4 is 15.8 Å². The first-order valence-electron chi connectivity index (χ1n) is 5.78. The van der Waals surface area contributed by atoms with Crippen LogP contribution >= 0.6 is 0 Å². The van der Waals surface area contributed by atoms with E-state index >= 15 is 0 Å². The van der Waals surface area contributed by atoms with Crippen LogP contribution in [0.5, 0.6) is 5.75 Å². The molecule has 0 unspecified atom stereocenters. The third-order valence-corrected chi connectivity index (χ3v) is 2.66. The lowest BCUT2D eigenvalue weighted by Crippen LogP contribution is -2.15. The minimum atomic E-state index is -0.282. The van der Waals surface area contributed by atoms with Gasteiger partial charge in [-0.05, 0) is 43.3 Å². The molecule has 1 amide bonds. The van der Waals surface area contributed by atoms with Gasteiger partial charge in [0, 0.05) is 11.4 Å². The average molecular weight is 257 g/mol. The molecule has 0 saturated carbocycles. The summed E-state index contributed by atoms with van der Waals surface area (Å²) < 4.78 is 5.05. The molecule has 2 aromatic rings. The van der Waals surface area contributed by atoms with Crippen LogP contribution in [0.15, 0.2) is 36.4 Å². The number of rotatable bonds is 3. The molecule has 1 aromatic carbocycles. The smallest absolute Gasteiger partial charge is 0.259 e. The molecule has 0 fully saturated rings. The third-order valence-electron chi connectivity index (χ3n) is 2.66. The van der Waals surface area contributed by atoms with Crippen LogP contribution in [0.1, 0.15) is 16.1 Å². The Morgan fingerprint density at radius 1 is 1.21 bits per heavy atom. The van der Waals surface area contributed by atoms with E-state index in [-0.39, 0.29) is 11.7 Å². The second-order valence-electron chi connectivity index (χ2n) is 4.07. The summed E-state index contributed by atoms with van der Waals surface area (Å²) in [6.45, 7) is 1.82. The van der Waals surface area contributed by atoms with Crippen molar-refractivity contribution in [3.63, 3.8) is 0 Å². The molecule has 0 saturated heterocycles. The van der Waals surface area contributed by atoms with E-state index in [4.69, 9.17) is 10.5 Å². The molecule has 0 atom stereocenters. The zero-order valence-corrected chi connectivity index (χ0v) is 10.8. The summed E-state index contributed by atoms with van der Waals surface area (Å²) in [4.78, 5) is 16.1. The Morgan fingerprint density at radius 2 is 1.89 bits per heavy atom. The van der Waals surface area contributed by atoms with Crippen molar-refractivity contribution in [1.82, 2.24) is 4.98 Å². The van der Waals surface area contributed by atoms with E-state index in [1.807, 2.05) is 6.92 Å². The van der Waals surface area contributed by atoms with Crippen LogP contribution in [0.4, 0.5) is 11.5 Å². The van der Waals surface area contributed by atoms with Gasteiger partial charge in [0.15, 0.2) is 0 Å². The van der Waals surface area contributed by atoms with Crippen molar-refractivity contribution in [2.45, 2.75) is 6.92 Å². The number of pyridine rings is 1. The molecule has 0 aliphatic carbocycles. The van der Waals surface area contributed by atoms with Gasteiger partial charge < -0.3 is 15.8 Å². The van der Waals surface area contributed by atoms with Gasteiger partial charge in [0.1, 0.15) is 11.6 Å². The van der Waals surface area contributed by atoms with E-state index < -0.39 is 0 Å². The van der Waals surface area contributed by atoms with Gasteiger partial charge in [-0.25, -0.2) is 4.98 Å². The maximum absolute atomic E-state index is 12.0. The quantitative estimate of drug-likeness (QED) is 0.884. The summed E-state index contributed by atoms with van der Waals surface area (Å²) >= 11 is 0. The standard InChI is InChI=1S/C14H15N3O2/c1-9-3-8-12(13(15)16-9)14(18)17-10-4-6-11(19-2)7-5-10/h3-8H,1-2H3,(H2,15,16)(H,17,18). The molecule has 98 valence electrons. The second-order valence-corrected chi connectivity index (χ2v) is 4.07. The van der Waals surface area contributed by atoms with Gasteiger partial charge in [-0.15, -0.1) is 0 Å². The number of hydrogen-bond acceptors (Lipinski definition) is 4. The first-order chi connectivity index (χ1) is 9.10. The number of amides is 1. The van der Waals surface area contributed by atoms with Crippen LogP contribution in [0.25, 0.3) is 0 Å². The van der Waals surface area contributed by atoms with Gasteiger partial charge in [-0.3, -0.25) is 4.79 Å². The van der Waals surface area contributed by atoms with Crippen LogP contribution in [-0.4, -0.2) is 18.0 Å². The number of nitrogens with zero attached hydrogens (tertiary/aromatic N) is 1. The number of nitrogen functional groups attached to an aromatic ring is 1. The number of carbonyl (C=O) groups is 1. The Kier molecular flexibility index (Phi) is 3.66. The maximum Gasteiger partial charge on any atom is 0.259 e. The third kappa shape index (κ3) is 3.01. The number of anilines is 2. The van der Waals surface area contributed by atoms with Crippen molar-refractivity contribution in [3.8, 4) is 5.75 Å². The molecule has 0 radical (unpaired) electrons. The lowest BCUT2D eigenvalue weighted by molar-refractivity contribution is 0.102. The summed E-state index contributed by atoms with van der Waals surface area (Å²) in [5.41, 5.74) is 7.54. The van der Waals surface area contributed by atoms with E-state index in [1.165, 1.54) is 0 Å². The van der Waals surface area contributed by atoms with E-state index in [0.717, 1.165) is 11.4 Å². The van der Waals surface area contributed by atoms with Crippen molar-refractivity contribution in [1.29, 1.82) is 0 Å². The Bertz CT molecular complexity index is 594. The molecule has 1 heterocycles. The molecule has 5 heteroatoms. The number of nitrogens with two attached hydrogens (primary N) is 1. The van der Waals surface area contributed by atoms with Gasteiger partial charge in [-0.2, -0.15) is 0 Å². The second kappa shape index (κ2) is 5.39. The number of hydrogen-bond donors (Lipinski definition) is 2. The molecule has 2 rings (SSSR count). The summed E-state index contributed by atoms with van der Waals surface area (Å²) in [7, 11) is 1.59. The summed E-state index contributed by atoms with van der Waals surface area (Å²) in [6, 6.07) is 10.5. The molecule has 0 aliphatic rings. The highest BCUT2D eigenvalue weighted by Crippen LogP contribution is 2.17. The molecular weight excluding hydrogens is 242 g/mol. The molecule has 0 bridgehead atoms. The number of benzene rings is 1. The largest absolute Gasteiger partial charge is 0.497 e. The first kappa shape index (κ1) is 12.9. The van der Waals surface area contributed by atoms with E-state index in [9.17, 15) is 4.79 Å². The van der Waals surface area contributed by atoms with Gasteiger partial charge in [0.05, 0.1) is 12.7 Å². The monoisotopic (exact) mass is 257 g/mol. The fourth-order valence-corrected chi connectivity index (χ4v) is 1.64. The highest BCUT2D eigenvalue weighted by Gasteiger charge is 2.11. The zero-order chi connectivity index (χ0) is 13.8. The molecule has 19 heavy (non-hydrogen) atoms. The summed E-state index contributed by atoms with van der Waals surface area (Å²) in [5.74, 6) is 0.677. The predicted molar refractivity (Wildman–Crippen MR) is 74.3 cm³/mol. The Labute approximate surface area is 111 Å². The molecule has 0 aliphatic heterocycles.